The van der Waals surface area contributed by atoms with E-state index in [1.54, 1.807) is 0 Å². The average molecular weight is 310 g/mol. The van der Waals surface area contributed by atoms with Gasteiger partial charge in [-0.25, -0.2) is 0 Å². The van der Waals surface area contributed by atoms with Gasteiger partial charge in [0.05, 0.1) is 6.10 Å². The fourth-order valence-electron chi connectivity index (χ4n) is 3.36. The van der Waals surface area contributed by atoms with Crippen LogP contribution >= 0.6 is 0 Å². The number of aliphatic hydroxyl groups excluding tert-OH is 1. The molecule has 3 nitrogen and oxygen atoms in total. The molecule has 2 aromatic carbocycles. The van der Waals surface area contributed by atoms with Gasteiger partial charge in [0.15, 0.2) is 0 Å². The van der Waals surface area contributed by atoms with Gasteiger partial charge >= 0.3 is 0 Å². The molecule has 1 saturated heterocycles. The lowest BCUT2D eigenvalue weighted by Crippen LogP contribution is -2.47. The summed E-state index contributed by atoms with van der Waals surface area (Å²) in [5.74, 6) is 0. The minimum absolute atomic E-state index is 0.399. The van der Waals surface area contributed by atoms with Crippen LogP contribution in [-0.4, -0.2) is 42.7 Å². The Hall–Kier alpha value is -1.84. The zero-order chi connectivity index (χ0) is 16.2. The lowest BCUT2D eigenvalue weighted by molar-refractivity contribution is 0.109. The second kappa shape index (κ2) is 7.16. The van der Waals surface area contributed by atoms with E-state index in [0.29, 0.717) is 6.54 Å². The van der Waals surface area contributed by atoms with Gasteiger partial charge in [0.2, 0.25) is 0 Å². The largest absolute Gasteiger partial charge is 0.387 e. The molecule has 1 fully saturated rings. The Morgan fingerprint density at radius 1 is 0.957 bits per heavy atom. The van der Waals surface area contributed by atoms with E-state index in [4.69, 9.17) is 0 Å². The lowest BCUT2D eigenvalue weighted by atomic mass is 10.1. The summed E-state index contributed by atoms with van der Waals surface area (Å²) >= 11 is 0. The van der Waals surface area contributed by atoms with Gasteiger partial charge in [0.1, 0.15) is 0 Å². The van der Waals surface area contributed by atoms with Crippen LogP contribution in [-0.2, 0) is 0 Å². The monoisotopic (exact) mass is 310 g/mol. The van der Waals surface area contributed by atoms with Crippen LogP contribution in [0.1, 0.15) is 22.8 Å². The summed E-state index contributed by atoms with van der Waals surface area (Å²) in [6.45, 7) is 9.07. The molecule has 23 heavy (non-hydrogen) atoms. The molecule has 2 aromatic rings. The summed E-state index contributed by atoms with van der Waals surface area (Å²) in [4.78, 5) is 4.82. The van der Waals surface area contributed by atoms with E-state index in [-0.39, 0.29) is 0 Å². The Kier molecular flexibility index (Phi) is 4.99. The van der Waals surface area contributed by atoms with Crippen LogP contribution in [0.4, 0.5) is 5.69 Å². The Morgan fingerprint density at radius 2 is 1.65 bits per heavy atom. The standard InChI is InChI=1S/C20H26N2O/c1-16-8-9-19(17(2)14-16)22-12-10-21(11-13-22)15-20(23)18-6-4-3-5-7-18/h3-9,14,20,23H,10-13,15H2,1-2H3/t20-/m0/s1. The fraction of sp³-hybridized carbons (Fsp3) is 0.400. The molecule has 1 aliphatic heterocycles. The number of benzene rings is 2. The van der Waals surface area contributed by atoms with Gasteiger partial charge in [-0.1, -0.05) is 48.0 Å². The molecule has 3 rings (SSSR count). The summed E-state index contributed by atoms with van der Waals surface area (Å²) in [7, 11) is 0. The molecular formula is C20H26N2O. The molecule has 0 bridgehead atoms. The van der Waals surface area contributed by atoms with E-state index in [9.17, 15) is 5.11 Å². The number of aryl methyl sites for hydroxylation is 2. The summed E-state index contributed by atoms with van der Waals surface area (Å²) in [6, 6.07) is 16.6. The van der Waals surface area contributed by atoms with Gasteiger partial charge < -0.3 is 10.0 Å². The topological polar surface area (TPSA) is 26.7 Å². The molecular weight excluding hydrogens is 284 g/mol. The fourth-order valence-corrected chi connectivity index (χ4v) is 3.36. The van der Waals surface area contributed by atoms with Crippen molar-refractivity contribution in [1.29, 1.82) is 0 Å². The van der Waals surface area contributed by atoms with Crippen LogP contribution in [0.3, 0.4) is 0 Å². The summed E-state index contributed by atoms with van der Waals surface area (Å²) in [6.07, 6.45) is -0.399. The maximum absolute atomic E-state index is 10.4. The first-order valence-electron chi connectivity index (χ1n) is 8.41. The maximum atomic E-state index is 10.4. The van der Waals surface area contributed by atoms with Crippen LogP contribution in [0.5, 0.6) is 0 Å². The molecule has 1 heterocycles. The number of β-amino-alcohol motifs (C(OH)–C–C–N with tert-alkyl or cyclic N) is 1. The van der Waals surface area contributed by atoms with Gasteiger partial charge in [-0.3, -0.25) is 4.90 Å². The highest BCUT2D eigenvalue weighted by Gasteiger charge is 2.20. The van der Waals surface area contributed by atoms with Gasteiger partial charge in [-0.2, -0.15) is 0 Å². The molecule has 0 spiro atoms. The number of rotatable bonds is 4. The average Bonchev–Trinajstić information content (AvgIpc) is 2.57. The lowest BCUT2D eigenvalue weighted by Gasteiger charge is -2.37. The number of nitrogens with zero attached hydrogens (tertiary/aromatic N) is 2. The normalized spacial score (nSPS) is 17.3. The van der Waals surface area contributed by atoms with E-state index >= 15 is 0 Å². The van der Waals surface area contributed by atoms with Crippen molar-refractivity contribution < 1.29 is 5.11 Å². The highest BCUT2D eigenvalue weighted by atomic mass is 16.3. The highest BCUT2D eigenvalue weighted by Crippen LogP contribution is 2.23. The number of piperazine rings is 1. The van der Waals surface area contributed by atoms with Crippen molar-refractivity contribution in [2.75, 3.05) is 37.6 Å². The van der Waals surface area contributed by atoms with E-state index in [1.165, 1.54) is 16.8 Å². The second-order valence-electron chi connectivity index (χ2n) is 6.50. The highest BCUT2D eigenvalue weighted by molar-refractivity contribution is 5.54. The molecule has 0 saturated carbocycles. The molecule has 0 radical (unpaired) electrons. The third-order valence-electron chi connectivity index (χ3n) is 4.68. The van der Waals surface area contributed by atoms with Crippen LogP contribution in [0.2, 0.25) is 0 Å². The number of anilines is 1. The SMILES string of the molecule is Cc1ccc(N2CCN(C[C@H](O)c3ccccc3)CC2)c(C)c1. The van der Waals surface area contributed by atoms with E-state index in [1.807, 2.05) is 30.3 Å². The minimum atomic E-state index is -0.399. The molecule has 1 N–H and O–H groups in total. The van der Waals surface area contributed by atoms with Crippen molar-refractivity contribution in [3.63, 3.8) is 0 Å². The first kappa shape index (κ1) is 16.0. The number of hydrogen-bond donors (Lipinski definition) is 1. The van der Waals surface area contributed by atoms with Crippen molar-refractivity contribution in [2.45, 2.75) is 20.0 Å². The summed E-state index contributed by atoms with van der Waals surface area (Å²) in [5, 5.41) is 10.4. The molecule has 0 aromatic heterocycles. The Balaban J connectivity index is 1.56. The predicted octanol–water partition coefficient (Wildman–Crippen LogP) is 3.16. The molecule has 0 unspecified atom stereocenters. The summed E-state index contributed by atoms with van der Waals surface area (Å²) < 4.78 is 0. The first-order chi connectivity index (χ1) is 11.1. The molecule has 0 amide bonds. The minimum Gasteiger partial charge on any atom is -0.387 e. The molecule has 122 valence electrons. The molecule has 1 atom stereocenters. The Morgan fingerprint density at radius 3 is 2.30 bits per heavy atom. The smallest absolute Gasteiger partial charge is 0.0916 e. The van der Waals surface area contributed by atoms with Gasteiger partial charge in [0.25, 0.3) is 0 Å². The molecule has 1 aliphatic rings. The zero-order valence-electron chi connectivity index (χ0n) is 14.1. The number of aliphatic hydroxyl groups is 1. The second-order valence-corrected chi connectivity index (χ2v) is 6.50. The van der Waals surface area contributed by atoms with Crippen molar-refractivity contribution >= 4 is 5.69 Å². The summed E-state index contributed by atoms with van der Waals surface area (Å²) in [5.41, 5.74) is 5.02. The molecule has 3 heteroatoms. The third-order valence-corrected chi connectivity index (χ3v) is 4.68. The van der Waals surface area contributed by atoms with Crippen molar-refractivity contribution in [1.82, 2.24) is 4.90 Å². The van der Waals surface area contributed by atoms with Gasteiger partial charge in [0, 0.05) is 38.4 Å². The van der Waals surface area contributed by atoms with Gasteiger partial charge in [-0.05, 0) is 31.0 Å². The van der Waals surface area contributed by atoms with E-state index < -0.39 is 6.10 Å². The maximum Gasteiger partial charge on any atom is 0.0916 e. The number of hydrogen-bond acceptors (Lipinski definition) is 3. The Labute approximate surface area is 139 Å². The van der Waals surface area contributed by atoms with Crippen molar-refractivity contribution in [2.24, 2.45) is 0 Å². The van der Waals surface area contributed by atoms with Crippen LogP contribution < -0.4 is 4.90 Å². The molecule has 0 aliphatic carbocycles. The van der Waals surface area contributed by atoms with E-state index in [0.717, 1.165) is 31.7 Å². The van der Waals surface area contributed by atoms with E-state index in [2.05, 4.69) is 41.8 Å². The predicted molar refractivity (Wildman–Crippen MR) is 96.0 cm³/mol. The third kappa shape index (κ3) is 3.92. The van der Waals surface area contributed by atoms with Crippen molar-refractivity contribution in [3.8, 4) is 0 Å². The van der Waals surface area contributed by atoms with Crippen LogP contribution in [0, 0.1) is 13.8 Å². The first-order valence-corrected chi connectivity index (χ1v) is 8.41. The zero-order valence-corrected chi connectivity index (χ0v) is 14.1. The van der Waals surface area contributed by atoms with Crippen LogP contribution in [0.15, 0.2) is 48.5 Å². The quantitative estimate of drug-likeness (QED) is 0.940. The van der Waals surface area contributed by atoms with Crippen molar-refractivity contribution in [3.05, 3.63) is 65.2 Å². The Bertz CT molecular complexity index is 633. The van der Waals surface area contributed by atoms with Gasteiger partial charge in [-0.15, -0.1) is 0 Å². The van der Waals surface area contributed by atoms with Crippen LogP contribution in [0.25, 0.3) is 0 Å².